The Morgan fingerprint density at radius 2 is 2.50 bits per heavy atom. The van der Waals surface area contributed by atoms with E-state index in [1.54, 1.807) is 6.26 Å². The predicted molar refractivity (Wildman–Crippen MR) is 47.3 cm³/mol. The molecule has 2 rings (SSSR count). The third kappa shape index (κ3) is 1.67. The van der Waals surface area contributed by atoms with Gasteiger partial charge in [-0.3, -0.25) is 4.99 Å². The Bertz CT molecular complexity index is 264. The number of aryl methyl sites for hydroxylation is 1. The van der Waals surface area contributed by atoms with Crippen LogP contribution in [0.15, 0.2) is 27.8 Å². The molecule has 1 aliphatic heterocycles. The van der Waals surface area contributed by atoms with E-state index in [9.17, 15) is 0 Å². The van der Waals surface area contributed by atoms with Gasteiger partial charge in [0.2, 0.25) is 0 Å². The van der Waals surface area contributed by atoms with Gasteiger partial charge in [-0.05, 0) is 12.1 Å². The third-order valence-corrected chi connectivity index (χ3v) is 1.93. The zero-order valence-electron chi connectivity index (χ0n) is 6.92. The molecule has 2 heterocycles. The molecule has 0 atom stereocenters. The highest BCUT2D eigenvalue weighted by Crippen LogP contribution is 2.04. The quantitative estimate of drug-likeness (QED) is 0.729. The van der Waals surface area contributed by atoms with Crippen LogP contribution in [0.1, 0.15) is 12.2 Å². The Kier molecular flexibility index (Phi) is 2.12. The first-order chi connectivity index (χ1) is 5.95. The van der Waals surface area contributed by atoms with Crippen LogP contribution < -0.4 is 5.32 Å². The molecule has 0 aromatic carbocycles. The molecule has 0 saturated heterocycles. The largest absolute Gasteiger partial charge is 0.469 e. The van der Waals surface area contributed by atoms with Gasteiger partial charge in [-0.1, -0.05) is 0 Å². The summed E-state index contributed by atoms with van der Waals surface area (Å²) in [5.41, 5.74) is 0. The molecule has 0 aliphatic carbocycles. The van der Waals surface area contributed by atoms with Crippen molar-refractivity contribution in [2.75, 3.05) is 13.1 Å². The Morgan fingerprint density at radius 3 is 3.17 bits per heavy atom. The van der Waals surface area contributed by atoms with Crippen molar-refractivity contribution < 1.29 is 4.42 Å². The number of aliphatic imine (C=N–C) groups is 1. The highest BCUT2D eigenvalue weighted by Gasteiger charge is 2.05. The molecule has 0 bridgehead atoms. The van der Waals surface area contributed by atoms with Gasteiger partial charge >= 0.3 is 0 Å². The SMILES string of the molecule is c1coc(CCC2=NCCN2)c1. The van der Waals surface area contributed by atoms with Gasteiger partial charge in [0.15, 0.2) is 0 Å². The topological polar surface area (TPSA) is 37.5 Å². The van der Waals surface area contributed by atoms with Crippen LogP contribution in [0.2, 0.25) is 0 Å². The third-order valence-electron chi connectivity index (χ3n) is 1.93. The van der Waals surface area contributed by atoms with Crippen LogP contribution in [0.25, 0.3) is 0 Å². The van der Waals surface area contributed by atoms with Crippen molar-refractivity contribution in [1.29, 1.82) is 0 Å². The fourth-order valence-corrected chi connectivity index (χ4v) is 1.31. The molecular weight excluding hydrogens is 152 g/mol. The summed E-state index contributed by atoms with van der Waals surface area (Å²) in [6.45, 7) is 1.92. The molecule has 0 radical (unpaired) electrons. The normalized spacial score (nSPS) is 15.8. The Hall–Kier alpha value is -1.25. The highest BCUT2D eigenvalue weighted by molar-refractivity contribution is 5.83. The average molecular weight is 164 g/mol. The fourth-order valence-electron chi connectivity index (χ4n) is 1.31. The van der Waals surface area contributed by atoms with E-state index < -0.39 is 0 Å². The monoisotopic (exact) mass is 164 g/mol. The van der Waals surface area contributed by atoms with Crippen LogP contribution >= 0.6 is 0 Å². The summed E-state index contributed by atoms with van der Waals surface area (Å²) in [5, 5.41) is 3.23. The van der Waals surface area contributed by atoms with Crippen LogP contribution in [-0.4, -0.2) is 18.9 Å². The van der Waals surface area contributed by atoms with Gasteiger partial charge in [0.05, 0.1) is 18.6 Å². The van der Waals surface area contributed by atoms with E-state index in [0.29, 0.717) is 0 Å². The first-order valence-corrected chi connectivity index (χ1v) is 4.25. The summed E-state index contributed by atoms with van der Waals surface area (Å²) in [4.78, 5) is 4.30. The van der Waals surface area contributed by atoms with Crippen molar-refractivity contribution in [3.05, 3.63) is 24.2 Å². The number of amidine groups is 1. The van der Waals surface area contributed by atoms with Gasteiger partial charge in [0.25, 0.3) is 0 Å². The van der Waals surface area contributed by atoms with E-state index in [-0.39, 0.29) is 0 Å². The van der Waals surface area contributed by atoms with Gasteiger partial charge in [-0.15, -0.1) is 0 Å². The van der Waals surface area contributed by atoms with Crippen LogP contribution in [0.4, 0.5) is 0 Å². The van der Waals surface area contributed by atoms with E-state index in [0.717, 1.165) is 37.5 Å². The fraction of sp³-hybridized carbons (Fsp3) is 0.444. The smallest absolute Gasteiger partial charge is 0.104 e. The Labute approximate surface area is 71.5 Å². The molecule has 64 valence electrons. The van der Waals surface area contributed by atoms with Gasteiger partial charge < -0.3 is 9.73 Å². The molecule has 3 nitrogen and oxygen atoms in total. The molecule has 3 heteroatoms. The maximum atomic E-state index is 5.21. The van der Waals surface area contributed by atoms with Gasteiger partial charge in [-0.2, -0.15) is 0 Å². The van der Waals surface area contributed by atoms with Crippen molar-refractivity contribution in [3.8, 4) is 0 Å². The lowest BCUT2D eigenvalue weighted by Crippen LogP contribution is -2.18. The second-order valence-corrected chi connectivity index (χ2v) is 2.83. The average Bonchev–Trinajstić information content (AvgIpc) is 2.74. The summed E-state index contributed by atoms with van der Waals surface area (Å²) in [7, 11) is 0. The minimum atomic E-state index is 0.924. The number of hydrogen-bond donors (Lipinski definition) is 1. The maximum Gasteiger partial charge on any atom is 0.104 e. The minimum Gasteiger partial charge on any atom is -0.469 e. The van der Waals surface area contributed by atoms with E-state index in [1.807, 2.05) is 12.1 Å². The van der Waals surface area contributed by atoms with Crippen LogP contribution in [0, 0.1) is 0 Å². The molecule has 0 unspecified atom stereocenters. The molecule has 1 aromatic heterocycles. The highest BCUT2D eigenvalue weighted by atomic mass is 16.3. The van der Waals surface area contributed by atoms with Crippen LogP contribution in [-0.2, 0) is 6.42 Å². The number of furan rings is 1. The lowest BCUT2D eigenvalue weighted by molar-refractivity contribution is 0.511. The maximum absolute atomic E-state index is 5.21. The molecule has 1 aromatic rings. The van der Waals surface area contributed by atoms with E-state index in [4.69, 9.17) is 4.42 Å². The first-order valence-electron chi connectivity index (χ1n) is 4.25. The van der Waals surface area contributed by atoms with Crippen molar-refractivity contribution in [2.24, 2.45) is 4.99 Å². The molecular formula is C9H12N2O. The molecule has 0 saturated carbocycles. The van der Waals surface area contributed by atoms with Gasteiger partial charge in [-0.25, -0.2) is 0 Å². The molecule has 1 aliphatic rings. The van der Waals surface area contributed by atoms with Crippen molar-refractivity contribution in [2.45, 2.75) is 12.8 Å². The molecule has 1 N–H and O–H groups in total. The first kappa shape index (κ1) is 7.40. The lowest BCUT2D eigenvalue weighted by atomic mass is 10.2. The van der Waals surface area contributed by atoms with Gasteiger partial charge in [0.1, 0.15) is 5.76 Å². The number of nitrogens with one attached hydrogen (secondary N) is 1. The predicted octanol–water partition coefficient (Wildman–Crippen LogP) is 1.21. The van der Waals surface area contributed by atoms with Gasteiger partial charge in [0, 0.05) is 19.4 Å². The molecule has 0 spiro atoms. The minimum absolute atomic E-state index is 0.924. The Morgan fingerprint density at radius 1 is 1.50 bits per heavy atom. The summed E-state index contributed by atoms with van der Waals surface area (Å²) in [6.07, 6.45) is 3.62. The number of rotatable bonds is 3. The number of nitrogens with zero attached hydrogens (tertiary/aromatic N) is 1. The van der Waals surface area contributed by atoms with Crippen LogP contribution in [0.3, 0.4) is 0 Å². The van der Waals surface area contributed by atoms with Crippen LogP contribution in [0.5, 0.6) is 0 Å². The summed E-state index contributed by atoms with van der Waals surface area (Å²) >= 11 is 0. The standard InChI is InChI=1S/C9H12N2O/c1-2-8(12-7-1)3-4-9-10-5-6-11-9/h1-2,7H,3-6H2,(H,10,11). The Balaban J connectivity index is 1.82. The zero-order valence-corrected chi connectivity index (χ0v) is 6.92. The van der Waals surface area contributed by atoms with Crippen molar-refractivity contribution in [1.82, 2.24) is 5.32 Å². The molecule has 0 fully saturated rings. The second-order valence-electron chi connectivity index (χ2n) is 2.83. The summed E-state index contributed by atoms with van der Waals surface area (Å²) < 4.78 is 5.21. The van der Waals surface area contributed by atoms with E-state index >= 15 is 0 Å². The number of hydrogen-bond acceptors (Lipinski definition) is 3. The zero-order chi connectivity index (χ0) is 8.23. The summed E-state index contributed by atoms with van der Waals surface area (Å²) in [5.74, 6) is 2.15. The molecule has 0 amide bonds. The van der Waals surface area contributed by atoms with E-state index in [1.165, 1.54) is 0 Å². The van der Waals surface area contributed by atoms with Crippen molar-refractivity contribution in [3.63, 3.8) is 0 Å². The second kappa shape index (κ2) is 3.43. The molecule has 12 heavy (non-hydrogen) atoms. The van der Waals surface area contributed by atoms with Crippen molar-refractivity contribution >= 4 is 5.84 Å². The lowest BCUT2D eigenvalue weighted by Gasteiger charge is -1.98. The van der Waals surface area contributed by atoms with E-state index in [2.05, 4.69) is 10.3 Å². The summed E-state index contributed by atoms with van der Waals surface area (Å²) in [6, 6.07) is 3.91.